The molecule has 4 nitrogen and oxygen atoms in total. The summed E-state index contributed by atoms with van der Waals surface area (Å²) in [7, 11) is 0. The van der Waals surface area contributed by atoms with E-state index in [0.29, 0.717) is 10.8 Å². The molecule has 0 amide bonds. The van der Waals surface area contributed by atoms with Crippen LogP contribution in [0.3, 0.4) is 0 Å². The smallest absolute Gasteiger partial charge is 0.337 e. The molecule has 0 aromatic carbocycles. The highest BCUT2D eigenvalue weighted by atomic mass is 35.5. The molecule has 0 bridgehead atoms. The summed E-state index contributed by atoms with van der Waals surface area (Å²) in [5.41, 5.74) is 0.0109. The first-order valence-electron chi connectivity index (χ1n) is 5.59. The Labute approximate surface area is 106 Å². The first-order valence-corrected chi connectivity index (χ1v) is 5.96. The maximum atomic E-state index is 10.7. The first-order chi connectivity index (χ1) is 7.91. The zero-order chi connectivity index (χ0) is 13.1. The third kappa shape index (κ3) is 3.33. The van der Waals surface area contributed by atoms with Crippen LogP contribution in [0.5, 0.6) is 0 Å². The van der Waals surface area contributed by atoms with Gasteiger partial charge in [-0.2, -0.15) is 0 Å². The summed E-state index contributed by atoms with van der Waals surface area (Å²) >= 11 is 6.01. The molecule has 0 aliphatic carbocycles. The quantitative estimate of drug-likeness (QED) is 0.847. The van der Waals surface area contributed by atoms with Crippen molar-refractivity contribution in [2.75, 3.05) is 5.32 Å². The molecule has 0 saturated heterocycles. The van der Waals surface area contributed by atoms with E-state index in [2.05, 4.69) is 31.1 Å². The number of anilines is 1. The van der Waals surface area contributed by atoms with Crippen molar-refractivity contribution < 1.29 is 9.90 Å². The van der Waals surface area contributed by atoms with Crippen LogP contribution >= 0.6 is 11.6 Å². The van der Waals surface area contributed by atoms with Crippen molar-refractivity contribution in [2.45, 2.75) is 39.2 Å². The van der Waals surface area contributed by atoms with E-state index >= 15 is 0 Å². The fraction of sp³-hybridized carbons (Fsp3) is 0.500. The SMILES string of the molecule is CCC(C)(CC)Nc1ncc(C(=O)O)cc1Cl. The fourth-order valence-corrected chi connectivity index (χ4v) is 1.57. The second-order valence-corrected chi connectivity index (χ2v) is 4.66. The number of carboxylic acid groups (broad SMARTS) is 1. The number of hydrogen-bond acceptors (Lipinski definition) is 3. The molecule has 1 rings (SSSR count). The van der Waals surface area contributed by atoms with Gasteiger partial charge < -0.3 is 10.4 Å². The number of pyridine rings is 1. The van der Waals surface area contributed by atoms with Crippen LogP contribution in [0.2, 0.25) is 5.02 Å². The molecule has 0 aliphatic heterocycles. The summed E-state index contributed by atoms with van der Waals surface area (Å²) in [6.07, 6.45) is 3.17. The van der Waals surface area contributed by atoms with Gasteiger partial charge in [-0.05, 0) is 25.8 Å². The molecular weight excluding hydrogens is 240 g/mol. The molecule has 1 heterocycles. The van der Waals surface area contributed by atoms with Crippen molar-refractivity contribution >= 4 is 23.4 Å². The van der Waals surface area contributed by atoms with Crippen LogP contribution in [0.25, 0.3) is 0 Å². The van der Waals surface area contributed by atoms with E-state index in [1.807, 2.05) is 0 Å². The summed E-state index contributed by atoms with van der Waals surface area (Å²) in [4.78, 5) is 14.8. The Kier molecular flexibility index (Phi) is 4.34. The highest BCUT2D eigenvalue weighted by molar-refractivity contribution is 6.33. The Bertz CT molecular complexity index is 417. The molecule has 0 spiro atoms. The lowest BCUT2D eigenvalue weighted by Crippen LogP contribution is -2.33. The number of hydrogen-bond donors (Lipinski definition) is 2. The van der Waals surface area contributed by atoms with Crippen LogP contribution in [0.4, 0.5) is 5.82 Å². The van der Waals surface area contributed by atoms with Crippen LogP contribution in [0.15, 0.2) is 12.3 Å². The molecule has 94 valence electrons. The van der Waals surface area contributed by atoms with E-state index in [1.165, 1.54) is 12.3 Å². The second kappa shape index (κ2) is 5.36. The molecule has 17 heavy (non-hydrogen) atoms. The van der Waals surface area contributed by atoms with Gasteiger partial charge in [0, 0.05) is 11.7 Å². The largest absolute Gasteiger partial charge is 0.478 e. The molecule has 1 aromatic rings. The van der Waals surface area contributed by atoms with Crippen molar-refractivity contribution in [3.05, 3.63) is 22.8 Å². The Morgan fingerprint density at radius 1 is 1.53 bits per heavy atom. The molecule has 0 aliphatic rings. The number of carbonyl (C=O) groups is 1. The normalized spacial score (nSPS) is 11.3. The van der Waals surface area contributed by atoms with Crippen molar-refractivity contribution in [2.24, 2.45) is 0 Å². The standard InChI is InChI=1S/C12H17ClN2O2/c1-4-12(3,5-2)15-10-9(13)6-8(7-14-10)11(16)17/h6-7H,4-5H2,1-3H3,(H,14,15)(H,16,17). The summed E-state index contributed by atoms with van der Waals surface area (Å²) in [5.74, 6) is -0.498. The maximum Gasteiger partial charge on any atom is 0.337 e. The minimum atomic E-state index is -1.03. The number of rotatable bonds is 5. The predicted molar refractivity (Wildman–Crippen MR) is 68.8 cm³/mol. The van der Waals surface area contributed by atoms with Crippen molar-refractivity contribution in [1.82, 2.24) is 4.98 Å². The van der Waals surface area contributed by atoms with E-state index in [0.717, 1.165) is 12.8 Å². The van der Waals surface area contributed by atoms with Crippen LogP contribution in [-0.2, 0) is 0 Å². The monoisotopic (exact) mass is 256 g/mol. The Balaban J connectivity index is 2.97. The third-order valence-electron chi connectivity index (χ3n) is 3.07. The van der Waals surface area contributed by atoms with Crippen LogP contribution in [0, 0.1) is 0 Å². The molecule has 0 atom stereocenters. The first kappa shape index (κ1) is 13.8. The lowest BCUT2D eigenvalue weighted by molar-refractivity contribution is 0.0696. The number of nitrogens with zero attached hydrogens (tertiary/aromatic N) is 1. The fourth-order valence-electron chi connectivity index (χ4n) is 1.36. The van der Waals surface area contributed by atoms with Crippen LogP contribution < -0.4 is 5.32 Å². The van der Waals surface area contributed by atoms with Crippen LogP contribution in [-0.4, -0.2) is 21.6 Å². The molecule has 5 heteroatoms. The molecule has 0 fully saturated rings. The third-order valence-corrected chi connectivity index (χ3v) is 3.36. The summed E-state index contributed by atoms with van der Waals surface area (Å²) in [6.45, 7) is 6.24. The molecule has 0 unspecified atom stereocenters. The maximum absolute atomic E-state index is 10.7. The number of aromatic nitrogens is 1. The zero-order valence-corrected chi connectivity index (χ0v) is 11.0. The lowest BCUT2D eigenvalue weighted by atomic mass is 9.95. The van der Waals surface area contributed by atoms with Gasteiger partial charge in [0.05, 0.1) is 10.6 Å². The van der Waals surface area contributed by atoms with Gasteiger partial charge in [0.25, 0.3) is 0 Å². The van der Waals surface area contributed by atoms with Crippen molar-refractivity contribution in [1.29, 1.82) is 0 Å². The summed E-state index contributed by atoms with van der Waals surface area (Å²) in [6, 6.07) is 1.41. The van der Waals surface area contributed by atoms with E-state index in [-0.39, 0.29) is 11.1 Å². The van der Waals surface area contributed by atoms with E-state index < -0.39 is 5.97 Å². The van der Waals surface area contributed by atoms with Gasteiger partial charge in [0.2, 0.25) is 0 Å². The highest BCUT2D eigenvalue weighted by Gasteiger charge is 2.21. The van der Waals surface area contributed by atoms with Gasteiger partial charge in [-0.15, -0.1) is 0 Å². The average Bonchev–Trinajstić information content (AvgIpc) is 2.31. The van der Waals surface area contributed by atoms with Gasteiger partial charge in [-0.25, -0.2) is 9.78 Å². The van der Waals surface area contributed by atoms with Crippen molar-refractivity contribution in [3.8, 4) is 0 Å². The zero-order valence-electron chi connectivity index (χ0n) is 10.2. The molecule has 0 radical (unpaired) electrons. The Hall–Kier alpha value is -1.29. The van der Waals surface area contributed by atoms with E-state index in [9.17, 15) is 4.79 Å². The van der Waals surface area contributed by atoms with Gasteiger partial charge in [-0.3, -0.25) is 0 Å². The second-order valence-electron chi connectivity index (χ2n) is 4.25. The molecule has 1 aromatic heterocycles. The molecule has 2 N–H and O–H groups in total. The van der Waals surface area contributed by atoms with E-state index in [4.69, 9.17) is 16.7 Å². The predicted octanol–water partition coefficient (Wildman–Crippen LogP) is 3.42. The topological polar surface area (TPSA) is 62.2 Å². The number of aromatic carboxylic acids is 1. The van der Waals surface area contributed by atoms with E-state index in [1.54, 1.807) is 0 Å². The average molecular weight is 257 g/mol. The summed E-state index contributed by atoms with van der Waals surface area (Å²) < 4.78 is 0. The Morgan fingerprint density at radius 2 is 2.12 bits per heavy atom. The van der Waals surface area contributed by atoms with Gasteiger partial charge in [0.1, 0.15) is 5.82 Å². The number of nitrogens with one attached hydrogen (secondary N) is 1. The minimum Gasteiger partial charge on any atom is -0.478 e. The van der Waals surface area contributed by atoms with Crippen molar-refractivity contribution in [3.63, 3.8) is 0 Å². The van der Waals surface area contributed by atoms with Gasteiger partial charge in [-0.1, -0.05) is 25.4 Å². The molecular formula is C12H17ClN2O2. The number of halogens is 1. The van der Waals surface area contributed by atoms with Gasteiger partial charge >= 0.3 is 5.97 Å². The van der Waals surface area contributed by atoms with Crippen LogP contribution in [0.1, 0.15) is 44.0 Å². The summed E-state index contributed by atoms with van der Waals surface area (Å²) in [5, 5.41) is 12.4. The Morgan fingerprint density at radius 3 is 2.53 bits per heavy atom. The molecule has 0 saturated carbocycles. The number of carboxylic acids is 1. The van der Waals surface area contributed by atoms with Gasteiger partial charge in [0.15, 0.2) is 0 Å². The lowest BCUT2D eigenvalue weighted by Gasteiger charge is -2.29. The highest BCUT2D eigenvalue weighted by Crippen LogP contribution is 2.26. The minimum absolute atomic E-state index is 0.0820.